The Labute approximate surface area is 105 Å². The summed E-state index contributed by atoms with van der Waals surface area (Å²) in [6.07, 6.45) is 0. The highest BCUT2D eigenvalue weighted by molar-refractivity contribution is 7.95. The van der Waals surface area contributed by atoms with Crippen molar-refractivity contribution in [2.75, 3.05) is 11.5 Å². The maximum Gasteiger partial charge on any atom is 0.200 e. The van der Waals surface area contributed by atoms with E-state index in [1.807, 2.05) is 0 Å². The molecular formula is C11H11FO4S2. The van der Waals surface area contributed by atoms with Gasteiger partial charge in [-0.05, 0) is 23.8 Å². The highest BCUT2D eigenvalue weighted by Gasteiger charge is 2.29. The molecule has 0 spiro atoms. The van der Waals surface area contributed by atoms with Gasteiger partial charge in [0, 0.05) is 16.7 Å². The molecule has 0 amide bonds. The van der Waals surface area contributed by atoms with Crippen molar-refractivity contribution in [3.05, 3.63) is 35.0 Å². The van der Waals surface area contributed by atoms with Crippen molar-refractivity contribution in [1.29, 1.82) is 0 Å². The predicted octanol–water partition coefficient (Wildman–Crippen LogP) is 1.39. The van der Waals surface area contributed by atoms with Crippen molar-refractivity contribution in [2.24, 2.45) is 0 Å². The minimum atomic E-state index is -3.65. The van der Waals surface area contributed by atoms with E-state index in [2.05, 4.69) is 0 Å². The lowest BCUT2D eigenvalue weighted by molar-refractivity contribution is 0.599. The van der Waals surface area contributed by atoms with Crippen LogP contribution in [-0.4, -0.2) is 28.3 Å². The highest BCUT2D eigenvalue weighted by atomic mass is 32.2. The Bertz CT molecular complexity index is 730. The molecule has 18 heavy (non-hydrogen) atoms. The Balaban J connectivity index is 2.57. The zero-order valence-corrected chi connectivity index (χ0v) is 11.2. The van der Waals surface area contributed by atoms with E-state index >= 15 is 0 Å². The van der Waals surface area contributed by atoms with Gasteiger partial charge in [0.25, 0.3) is 0 Å². The molecule has 0 fully saturated rings. The van der Waals surface area contributed by atoms with Crippen molar-refractivity contribution < 1.29 is 21.2 Å². The average molecular weight is 290 g/mol. The Kier molecular flexibility index (Phi) is 3.06. The Morgan fingerprint density at radius 1 is 1.28 bits per heavy atom. The normalized spacial score (nSPS) is 17.3. The fourth-order valence-corrected chi connectivity index (χ4v) is 4.25. The number of benzene rings is 1. The number of fused-ring (bicyclic) bond motifs is 1. The van der Waals surface area contributed by atoms with E-state index in [4.69, 9.17) is 0 Å². The molecular weight excluding hydrogens is 279 g/mol. The molecule has 0 aromatic heterocycles. The maximum absolute atomic E-state index is 13.1. The third-order valence-corrected chi connectivity index (χ3v) is 5.90. The smallest absolute Gasteiger partial charge is 0.200 e. The van der Waals surface area contributed by atoms with Crippen molar-refractivity contribution in [1.82, 2.24) is 0 Å². The Morgan fingerprint density at radius 3 is 2.56 bits per heavy atom. The number of hydrogen-bond donors (Lipinski definition) is 0. The molecule has 0 radical (unpaired) electrons. The van der Waals surface area contributed by atoms with Crippen LogP contribution in [0.4, 0.5) is 4.39 Å². The summed E-state index contributed by atoms with van der Waals surface area (Å²) < 4.78 is 59.7. The summed E-state index contributed by atoms with van der Waals surface area (Å²) in [6.45, 7) is 1.48. The van der Waals surface area contributed by atoms with Gasteiger partial charge < -0.3 is 0 Å². The molecule has 4 nitrogen and oxygen atoms in total. The highest BCUT2D eigenvalue weighted by Crippen LogP contribution is 2.34. The minimum absolute atomic E-state index is 0.0368. The molecule has 1 aliphatic rings. The number of rotatable bonds is 3. The lowest BCUT2D eigenvalue weighted by Gasteiger charge is -2.04. The molecule has 1 aliphatic heterocycles. The van der Waals surface area contributed by atoms with Crippen molar-refractivity contribution in [3.8, 4) is 0 Å². The van der Waals surface area contributed by atoms with Crippen LogP contribution in [0.5, 0.6) is 0 Å². The molecule has 1 heterocycles. The number of halogens is 1. The van der Waals surface area contributed by atoms with Gasteiger partial charge >= 0.3 is 0 Å². The van der Waals surface area contributed by atoms with Gasteiger partial charge in [0.1, 0.15) is 5.82 Å². The van der Waals surface area contributed by atoms with Crippen LogP contribution in [0.3, 0.4) is 0 Å². The van der Waals surface area contributed by atoms with Crippen LogP contribution in [0.2, 0.25) is 0 Å². The quantitative estimate of drug-likeness (QED) is 0.789. The summed E-state index contributed by atoms with van der Waals surface area (Å²) in [5.74, 6) is -1.07. The first-order chi connectivity index (χ1) is 8.25. The van der Waals surface area contributed by atoms with Crippen LogP contribution >= 0.6 is 0 Å². The van der Waals surface area contributed by atoms with Crippen LogP contribution in [0, 0.1) is 5.82 Å². The molecule has 0 N–H and O–H groups in total. The molecule has 1 aromatic carbocycles. The summed E-state index contributed by atoms with van der Waals surface area (Å²) in [4.78, 5) is -0.0368. The van der Waals surface area contributed by atoms with Gasteiger partial charge in [-0.3, -0.25) is 0 Å². The average Bonchev–Trinajstić information content (AvgIpc) is 2.49. The van der Waals surface area contributed by atoms with Crippen LogP contribution in [-0.2, 0) is 19.7 Å². The van der Waals surface area contributed by atoms with E-state index in [-0.39, 0.29) is 27.5 Å². The van der Waals surface area contributed by atoms with Crippen molar-refractivity contribution in [2.45, 2.75) is 11.8 Å². The first kappa shape index (κ1) is 13.2. The first-order valence-corrected chi connectivity index (χ1v) is 8.58. The molecule has 0 aliphatic carbocycles. The topological polar surface area (TPSA) is 68.3 Å². The second-order valence-corrected chi connectivity index (χ2v) is 8.12. The molecule has 7 heteroatoms. The van der Waals surface area contributed by atoms with E-state index < -0.39 is 25.5 Å². The van der Waals surface area contributed by atoms with Crippen LogP contribution in [0.15, 0.2) is 28.5 Å². The lowest BCUT2D eigenvalue weighted by atomic mass is 10.1. The van der Waals surface area contributed by atoms with E-state index in [0.29, 0.717) is 0 Å². The molecule has 0 unspecified atom stereocenters. The third kappa shape index (κ3) is 2.32. The molecule has 98 valence electrons. The third-order valence-electron chi connectivity index (χ3n) is 2.71. The minimum Gasteiger partial charge on any atom is -0.229 e. The second kappa shape index (κ2) is 4.17. The summed E-state index contributed by atoms with van der Waals surface area (Å²) in [7, 11) is -7.01. The van der Waals surface area contributed by atoms with Gasteiger partial charge in [-0.1, -0.05) is 6.92 Å². The van der Waals surface area contributed by atoms with Gasteiger partial charge in [-0.25, -0.2) is 21.2 Å². The number of hydrogen-bond acceptors (Lipinski definition) is 4. The van der Waals surface area contributed by atoms with E-state index in [0.717, 1.165) is 23.6 Å². The predicted molar refractivity (Wildman–Crippen MR) is 65.9 cm³/mol. The maximum atomic E-state index is 13.1. The van der Waals surface area contributed by atoms with Gasteiger partial charge in [-0.15, -0.1) is 0 Å². The van der Waals surface area contributed by atoms with Gasteiger partial charge in [0.2, 0.25) is 9.84 Å². The summed E-state index contributed by atoms with van der Waals surface area (Å²) in [5, 5.41) is 0.907. The van der Waals surface area contributed by atoms with Crippen molar-refractivity contribution in [3.63, 3.8) is 0 Å². The standard InChI is InChI=1S/C11H11FO4S2/c1-2-17(13,14)6-8-7-18(15,16)11-4-3-9(12)5-10(8)11/h3-5,7H,2,6H2,1H3. The van der Waals surface area contributed by atoms with Crippen LogP contribution in [0.1, 0.15) is 12.5 Å². The van der Waals surface area contributed by atoms with Gasteiger partial charge in [-0.2, -0.15) is 0 Å². The zero-order valence-electron chi connectivity index (χ0n) is 9.55. The molecule has 0 atom stereocenters. The fourth-order valence-electron chi connectivity index (χ4n) is 1.77. The molecule has 0 saturated carbocycles. The first-order valence-electron chi connectivity index (χ1n) is 5.21. The van der Waals surface area contributed by atoms with E-state index in [1.54, 1.807) is 0 Å². The monoisotopic (exact) mass is 290 g/mol. The van der Waals surface area contributed by atoms with Crippen LogP contribution < -0.4 is 0 Å². The number of sulfone groups is 2. The molecule has 0 saturated heterocycles. The van der Waals surface area contributed by atoms with Gasteiger partial charge in [0.15, 0.2) is 9.84 Å². The molecule has 0 bridgehead atoms. The van der Waals surface area contributed by atoms with Crippen LogP contribution in [0.25, 0.3) is 5.57 Å². The summed E-state index contributed by atoms with van der Waals surface area (Å²) >= 11 is 0. The molecule has 1 aromatic rings. The fraction of sp³-hybridized carbons (Fsp3) is 0.273. The van der Waals surface area contributed by atoms with Crippen molar-refractivity contribution >= 4 is 25.2 Å². The second-order valence-electron chi connectivity index (χ2n) is 4.01. The Hall–Kier alpha value is -1.21. The lowest BCUT2D eigenvalue weighted by Crippen LogP contribution is -2.09. The summed E-state index contributed by atoms with van der Waals surface area (Å²) in [6, 6.07) is 3.25. The SMILES string of the molecule is CCS(=O)(=O)CC1=CS(=O)(=O)c2ccc(F)cc21. The largest absolute Gasteiger partial charge is 0.229 e. The van der Waals surface area contributed by atoms with E-state index in [1.165, 1.54) is 6.92 Å². The summed E-state index contributed by atoms with van der Waals surface area (Å²) in [5.41, 5.74) is 0.276. The molecule has 2 rings (SSSR count). The zero-order chi connectivity index (χ0) is 13.6. The van der Waals surface area contributed by atoms with E-state index in [9.17, 15) is 21.2 Å². The van der Waals surface area contributed by atoms with Gasteiger partial charge in [0.05, 0.1) is 10.6 Å². The Morgan fingerprint density at radius 2 is 1.94 bits per heavy atom.